The van der Waals surface area contributed by atoms with E-state index < -0.39 is 37.1 Å². The van der Waals surface area contributed by atoms with Crippen molar-refractivity contribution in [2.75, 3.05) is 6.61 Å². The lowest BCUT2D eigenvalue weighted by molar-refractivity contribution is -0.257. The molecule has 2 heterocycles. The molecule has 96 valence electrons. The fourth-order valence-electron chi connectivity index (χ4n) is 2.03. The highest BCUT2D eigenvalue weighted by molar-refractivity contribution is 4.96. The summed E-state index contributed by atoms with van der Waals surface area (Å²) in [6.07, 6.45) is -2.80. The van der Waals surface area contributed by atoms with E-state index in [1.165, 1.54) is 0 Å². The van der Waals surface area contributed by atoms with E-state index in [-0.39, 0.29) is 0 Å². The molecule has 0 radical (unpaired) electrons. The highest BCUT2D eigenvalue weighted by Crippen LogP contribution is 2.33. The van der Waals surface area contributed by atoms with Gasteiger partial charge in [-0.3, -0.25) is 0 Å². The van der Waals surface area contributed by atoms with Gasteiger partial charge in [-0.15, -0.1) is 0 Å². The fourth-order valence-corrected chi connectivity index (χ4v) is 2.03. The van der Waals surface area contributed by atoms with Gasteiger partial charge < -0.3 is 24.1 Å². The predicted molar refractivity (Wildman–Crippen MR) is 54.6 cm³/mol. The van der Waals surface area contributed by atoms with Crippen molar-refractivity contribution in [2.45, 2.75) is 51.0 Å². The zero-order chi connectivity index (χ0) is 12.4. The Morgan fingerprint density at radius 2 is 2.06 bits per heavy atom. The quantitative estimate of drug-likeness (QED) is 0.443. The lowest BCUT2D eigenvalue weighted by atomic mass is 9.98. The Bertz CT molecular complexity index is 322. The summed E-state index contributed by atoms with van der Waals surface area (Å²) in [6, 6.07) is -0.543. The van der Waals surface area contributed by atoms with E-state index in [9.17, 15) is 5.11 Å². The minimum absolute atomic E-state index is 0.419. The summed E-state index contributed by atoms with van der Waals surface area (Å²) in [5.41, 5.74) is 8.50. The average Bonchev–Trinajstić information content (AvgIpc) is 2.69. The molecule has 1 N–H and O–H groups in total. The third-order valence-electron chi connectivity index (χ3n) is 2.80. The van der Waals surface area contributed by atoms with Crippen LogP contribution in [0.4, 0.5) is 0 Å². The highest BCUT2D eigenvalue weighted by atomic mass is 16.9. The molecule has 2 aliphatic heterocycles. The van der Waals surface area contributed by atoms with Gasteiger partial charge in [-0.2, -0.15) is 0 Å². The van der Waals surface area contributed by atoms with Crippen LogP contribution in [0.3, 0.4) is 0 Å². The van der Waals surface area contributed by atoms with Crippen molar-refractivity contribution < 1.29 is 24.1 Å². The Morgan fingerprint density at radius 3 is 2.71 bits per heavy atom. The Morgan fingerprint density at radius 1 is 1.35 bits per heavy atom. The van der Waals surface area contributed by atoms with Crippen molar-refractivity contribution in [3.63, 3.8) is 0 Å². The van der Waals surface area contributed by atoms with Gasteiger partial charge in [0.25, 0.3) is 6.48 Å². The van der Waals surface area contributed by atoms with E-state index >= 15 is 0 Å². The molecule has 0 aromatic carbocycles. The predicted octanol–water partition coefficient (Wildman–Crippen LogP) is 0.506. The zero-order valence-corrected chi connectivity index (χ0v) is 9.59. The summed E-state index contributed by atoms with van der Waals surface area (Å²) < 4.78 is 21.2. The number of fused-ring (bicyclic) bond motifs is 1. The average molecular weight is 245 g/mol. The zero-order valence-electron chi connectivity index (χ0n) is 9.59. The van der Waals surface area contributed by atoms with Crippen LogP contribution >= 0.6 is 0 Å². The van der Waals surface area contributed by atoms with Gasteiger partial charge in [0.1, 0.15) is 12.2 Å². The van der Waals surface area contributed by atoms with E-state index in [1.807, 2.05) is 0 Å². The summed E-state index contributed by atoms with van der Waals surface area (Å²) in [4.78, 5) is 2.75. The summed E-state index contributed by atoms with van der Waals surface area (Å²) in [6.45, 7) is 3.07. The van der Waals surface area contributed by atoms with Crippen LogP contribution in [0.1, 0.15) is 13.8 Å². The van der Waals surface area contributed by atoms with Crippen molar-refractivity contribution in [3.8, 4) is 0 Å². The molecule has 0 bridgehead atoms. The first-order valence-electron chi connectivity index (χ1n) is 5.47. The number of hydrogen-bond donors (Lipinski definition) is 1. The van der Waals surface area contributed by atoms with Crippen molar-refractivity contribution in [1.82, 2.24) is 0 Å². The third kappa shape index (κ3) is 2.37. The number of rotatable bonds is 3. The normalized spacial score (nSPS) is 45.1. The number of azide groups is 1. The van der Waals surface area contributed by atoms with Crippen LogP contribution in [-0.4, -0.2) is 48.8 Å². The van der Waals surface area contributed by atoms with Gasteiger partial charge in [0.15, 0.2) is 6.29 Å². The standard InChI is InChI=1S/C9H15N3O5/c1-3-14-9-16-6-5(11-12-10)4(2)15-8(13)7(6)17-9/h4-9,13H,3H2,1-2H3/t4-,5-,6+,7+,8?,9?/m0/s1. The van der Waals surface area contributed by atoms with Gasteiger partial charge in [0.05, 0.1) is 12.1 Å². The van der Waals surface area contributed by atoms with Crippen LogP contribution in [0.2, 0.25) is 0 Å². The summed E-state index contributed by atoms with van der Waals surface area (Å²) in [5, 5.41) is 13.3. The number of nitrogens with zero attached hydrogens (tertiary/aromatic N) is 3. The van der Waals surface area contributed by atoms with Crippen molar-refractivity contribution >= 4 is 0 Å². The fraction of sp³-hybridized carbons (Fsp3) is 1.00. The van der Waals surface area contributed by atoms with Gasteiger partial charge in [0.2, 0.25) is 0 Å². The van der Waals surface area contributed by atoms with E-state index in [4.69, 9.17) is 24.5 Å². The molecule has 0 amide bonds. The Balaban J connectivity index is 2.13. The van der Waals surface area contributed by atoms with Crippen LogP contribution in [0.25, 0.3) is 10.4 Å². The number of aliphatic hydroxyl groups is 1. The molecule has 0 aromatic rings. The summed E-state index contributed by atoms with van der Waals surface area (Å²) >= 11 is 0. The minimum Gasteiger partial charge on any atom is -0.366 e. The molecule has 0 spiro atoms. The van der Waals surface area contributed by atoms with Gasteiger partial charge in [-0.1, -0.05) is 5.11 Å². The molecule has 0 aliphatic carbocycles. The van der Waals surface area contributed by atoms with E-state index in [2.05, 4.69) is 10.0 Å². The van der Waals surface area contributed by atoms with E-state index in [0.717, 1.165) is 0 Å². The molecule has 0 aromatic heterocycles. The third-order valence-corrected chi connectivity index (χ3v) is 2.80. The van der Waals surface area contributed by atoms with Crippen LogP contribution in [0.15, 0.2) is 5.11 Å². The highest BCUT2D eigenvalue weighted by Gasteiger charge is 2.51. The van der Waals surface area contributed by atoms with E-state index in [1.54, 1.807) is 13.8 Å². The summed E-state index contributed by atoms with van der Waals surface area (Å²) in [5.74, 6) is 0. The molecular formula is C9H15N3O5. The number of ether oxygens (including phenoxy) is 4. The second kappa shape index (κ2) is 5.18. The monoisotopic (exact) mass is 245 g/mol. The molecule has 2 aliphatic rings. The molecule has 17 heavy (non-hydrogen) atoms. The summed E-state index contributed by atoms with van der Waals surface area (Å²) in [7, 11) is 0. The molecule has 2 fully saturated rings. The van der Waals surface area contributed by atoms with Gasteiger partial charge in [-0.05, 0) is 19.4 Å². The minimum atomic E-state index is -1.11. The molecule has 0 saturated carbocycles. The molecule has 8 heteroatoms. The smallest absolute Gasteiger partial charge is 0.272 e. The number of aliphatic hydroxyl groups excluding tert-OH is 1. The SMILES string of the molecule is CCOC1O[C@@H]2[C@@H](N=[N+]=[N-])[C@H](C)OC(O)[C@@H]2O1. The van der Waals surface area contributed by atoms with Crippen molar-refractivity contribution in [3.05, 3.63) is 10.4 Å². The maximum absolute atomic E-state index is 9.70. The first kappa shape index (κ1) is 12.6. The first-order valence-corrected chi connectivity index (χ1v) is 5.47. The topological polar surface area (TPSA) is 106 Å². The van der Waals surface area contributed by atoms with Crippen LogP contribution < -0.4 is 0 Å². The lowest BCUT2D eigenvalue weighted by Crippen LogP contribution is -2.54. The van der Waals surface area contributed by atoms with Crippen LogP contribution in [-0.2, 0) is 18.9 Å². The Hall–Kier alpha value is -0.890. The second-order valence-corrected chi connectivity index (χ2v) is 3.87. The largest absolute Gasteiger partial charge is 0.366 e. The second-order valence-electron chi connectivity index (χ2n) is 3.87. The molecular weight excluding hydrogens is 230 g/mol. The van der Waals surface area contributed by atoms with Gasteiger partial charge in [-0.25, -0.2) is 0 Å². The maximum atomic E-state index is 9.70. The van der Waals surface area contributed by atoms with Crippen molar-refractivity contribution in [1.29, 1.82) is 0 Å². The molecule has 6 atom stereocenters. The van der Waals surface area contributed by atoms with Crippen LogP contribution in [0, 0.1) is 0 Å². The molecule has 2 rings (SSSR count). The van der Waals surface area contributed by atoms with Gasteiger partial charge >= 0.3 is 0 Å². The maximum Gasteiger partial charge on any atom is 0.272 e. The van der Waals surface area contributed by atoms with Gasteiger partial charge in [0, 0.05) is 11.5 Å². The number of hydrogen-bond acceptors (Lipinski definition) is 6. The Labute approximate surface area is 98.0 Å². The van der Waals surface area contributed by atoms with E-state index in [0.29, 0.717) is 6.61 Å². The lowest BCUT2D eigenvalue weighted by Gasteiger charge is -2.36. The molecule has 2 unspecified atom stereocenters. The van der Waals surface area contributed by atoms with Crippen LogP contribution in [0.5, 0.6) is 0 Å². The molecule has 2 saturated heterocycles. The molecule has 8 nitrogen and oxygen atoms in total. The first-order chi connectivity index (χ1) is 8.17. The van der Waals surface area contributed by atoms with Crippen molar-refractivity contribution in [2.24, 2.45) is 5.11 Å². The Kier molecular flexibility index (Phi) is 3.82.